The highest BCUT2D eigenvalue weighted by atomic mass is 16.1. The van der Waals surface area contributed by atoms with Gasteiger partial charge in [-0.1, -0.05) is 38.1 Å². The maximum atomic E-state index is 11.9. The van der Waals surface area contributed by atoms with Crippen LogP contribution in [0, 0.1) is 5.92 Å². The number of pyridine rings is 1. The summed E-state index contributed by atoms with van der Waals surface area (Å²) >= 11 is 0. The van der Waals surface area contributed by atoms with E-state index in [9.17, 15) is 4.79 Å². The Kier molecular flexibility index (Phi) is 4.33. The van der Waals surface area contributed by atoms with E-state index in [0.29, 0.717) is 6.04 Å². The van der Waals surface area contributed by atoms with Gasteiger partial charge in [0.1, 0.15) is 5.82 Å². The molecule has 4 nitrogen and oxygen atoms in total. The molecular weight excluding hydrogens is 322 g/mol. The van der Waals surface area contributed by atoms with Crippen molar-refractivity contribution in [1.82, 2.24) is 4.98 Å². The molecule has 2 aromatic carbocycles. The van der Waals surface area contributed by atoms with Gasteiger partial charge < -0.3 is 10.6 Å². The number of amides is 1. The third-order valence-corrected chi connectivity index (χ3v) is 4.94. The van der Waals surface area contributed by atoms with Gasteiger partial charge in [0.25, 0.3) is 0 Å². The smallest absolute Gasteiger partial charge is 0.226 e. The van der Waals surface area contributed by atoms with Crippen LogP contribution in [0.25, 0.3) is 10.9 Å². The predicted molar refractivity (Wildman–Crippen MR) is 106 cm³/mol. The first kappa shape index (κ1) is 16.6. The molecule has 0 aliphatic heterocycles. The van der Waals surface area contributed by atoms with Crippen LogP contribution in [0.3, 0.4) is 0 Å². The average Bonchev–Trinajstić information content (AvgIpc) is 3.05. The fourth-order valence-corrected chi connectivity index (χ4v) is 3.46. The van der Waals surface area contributed by atoms with Crippen molar-refractivity contribution in [2.24, 2.45) is 5.92 Å². The zero-order chi connectivity index (χ0) is 18.1. The van der Waals surface area contributed by atoms with Gasteiger partial charge in [-0.3, -0.25) is 4.79 Å². The Hall–Kier alpha value is -2.88. The van der Waals surface area contributed by atoms with Crippen molar-refractivity contribution >= 4 is 28.3 Å². The van der Waals surface area contributed by atoms with E-state index in [0.717, 1.165) is 35.2 Å². The molecule has 0 saturated heterocycles. The van der Waals surface area contributed by atoms with Crippen LogP contribution < -0.4 is 10.6 Å². The summed E-state index contributed by atoms with van der Waals surface area (Å²) in [5.41, 5.74) is 4.53. The van der Waals surface area contributed by atoms with Crippen molar-refractivity contribution in [1.29, 1.82) is 0 Å². The quantitative estimate of drug-likeness (QED) is 0.705. The first-order valence-corrected chi connectivity index (χ1v) is 9.16. The molecule has 0 saturated carbocycles. The number of carbonyl (C=O) groups excluding carboxylic acids is 1. The summed E-state index contributed by atoms with van der Waals surface area (Å²) in [5, 5.41) is 7.52. The largest absolute Gasteiger partial charge is 0.363 e. The van der Waals surface area contributed by atoms with Crippen molar-refractivity contribution < 1.29 is 4.79 Å². The molecule has 1 aliphatic carbocycles. The molecule has 0 spiro atoms. The van der Waals surface area contributed by atoms with Crippen LogP contribution >= 0.6 is 0 Å². The van der Waals surface area contributed by atoms with E-state index < -0.39 is 0 Å². The van der Waals surface area contributed by atoms with Gasteiger partial charge in [-0.05, 0) is 54.3 Å². The summed E-state index contributed by atoms with van der Waals surface area (Å²) in [6.07, 6.45) is 2.21. The van der Waals surface area contributed by atoms with Gasteiger partial charge >= 0.3 is 0 Å². The van der Waals surface area contributed by atoms with Crippen LogP contribution in [-0.4, -0.2) is 10.9 Å². The highest BCUT2D eigenvalue weighted by Gasteiger charge is 2.21. The number of nitrogens with zero attached hydrogens (tertiary/aromatic N) is 1. The van der Waals surface area contributed by atoms with E-state index in [1.165, 1.54) is 11.1 Å². The molecule has 0 bridgehead atoms. The molecule has 1 heterocycles. The number of fused-ring (bicyclic) bond motifs is 2. The maximum absolute atomic E-state index is 11.9. The van der Waals surface area contributed by atoms with Crippen LogP contribution in [0.2, 0.25) is 0 Å². The van der Waals surface area contributed by atoms with Gasteiger partial charge in [0, 0.05) is 17.0 Å². The summed E-state index contributed by atoms with van der Waals surface area (Å²) in [5.74, 6) is 0.873. The Balaban J connectivity index is 1.54. The SMILES string of the molecule is CC(C)C(=O)Nc1ccc2nc(N[C@@H]3CCc4ccccc43)ccc2c1. The lowest BCUT2D eigenvalue weighted by molar-refractivity contribution is -0.118. The van der Waals surface area contributed by atoms with E-state index in [2.05, 4.69) is 41.0 Å². The normalized spacial score (nSPS) is 15.9. The Morgan fingerprint density at radius 3 is 2.81 bits per heavy atom. The monoisotopic (exact) mass is 345 g/mol. The number of aromatic nitrogens is 1. The van der Waals surface area contributed by atoms with Gasteiger partial charge in [-0.25, -0.2) is 4.98 Å². The number of hydrogen-bond donors (Lipinski definition) is 2. The standard InChI is InChI=1S/C22H23N3O/c1-14(2)22(26)23-17-9-11-19-16(13-17)8-12-21(24-19)25-20-10-7-15-5-3-4-6-18(15)20/h3-6,8-9,11-14,20H,7,10H2,1-2H3,(H,23,26)(H,24,25)/t20-/m1/s1. The molecular formula is C22H23N3O. The Bertz CT molecular complexity index is 965. The zero-order valence-corrected chi connectivity index (χ0v) is 15.1. The molecule has 1 aliphatic rings. The highest BCUT2D eigenvalue weighted by molar-refractivity contribution is 5.94. The van der Waals surface area contributed by atoms with Crippen molar-refractivity contribution in [3.63, 3.8) is 0 Å². The van der Waals surface area contributed by atoms with Gasteiger partial charge in [0.15, 0.2) is 0 Å². The van der Waals surface area contributed by atoms with Crippen LogP contribution in [0.4, 0.5) is 11.5 Å². The molecule has 0 radical (unpaired) electrons. The average molecular weight is 345 g/mol. The summed E-state index contributed by atoms with van der Waals surface area (Å²) in [7, 11) is 0. The molecule has 26 heavy (non-hydrogen) atoms. The number of rotatable bonds is 4. The Labute approximate surface area is 153 Å². The fraction of sp³-hybridized carbons (Fsp3) is 0.273. The van der Waals surface area contributed by atoms with E-state index in [1.807, 2.05) is 38.1 Å². The minimum atomic E-state index is -0.0373. The first-order chi connectivity index (χ1) is 12.6. The molecule has 0 fully saturated rings. The van der Waals surface area contributed by atoms with Crippen molar-refractivity contribution in [2.45, 2.75) is 32.7 Å². The van der Waals surface area contributed by atoms with Crippen LogP contribution in [0.1, 0.15) is 37.4 Å². The van der Waals surface area contributed by atoms with Gasteiger partial charge in [-0.2, -0.15) is 0 Å². The predicted octanol–water partition coefficient (Wildman–Crippen LogP) is 4.93. The summed E-state index contributed by atoms with van der Waals surface area (Å²) in [6.45, 7) is 3.77. The number of benzene rings is 2. The van der Waals surface area contributed by atoms with Crippen molar-refractivity contribution in [3.8, 4) is 0 Å². The van der Waals surface area contributed by atoms with Crippen LogP contribution in [0.15, 0.2) is 54.6 Å². The number of aryl methyl sites for hydroxylation is 1. The molecule has 3 aromatic rings. The number of nitrogens with one attached hydrogen (secondary N) is 2. The molecule has 1 aromatic heterocycles. The second kappa shape index (κ2) is 6.79. The topological polar surface area (TPSA) is 54.0 Å². The van der Waals surface area contributed by atoms with Crippen LogP contribution in [0.5, 0.6) is 0 Å². The van der Waals surface area contributed by atoms with Crippen molar-refractivity contribution in [3.05, 3.63) is 65.7 Å². The van der Waals surface area contributed by atoms with Crippen LogP contribution in [-0.2, 0) is 11.2 Å². The lowest BCUT2D eigenvalue weighted by Crippen LogP contribution is -2.17. The van der Waals surface area contributed by atoms with Crippen molar-refractivity contribution in [2.75, 3.05) is 10.6 Å². The molecule has 1 atom stereocenters. The first-order valence-electron chi connectivity index (χ1n) is 9.16. The Morgan fingerprint density at radius 1 is 1.12 bits per heavy atom. The summed E-state index contributed by atoms with van der Waals surface area (Å²) in [6, 6.07) is 18.8. The van der Waals surface area contributed by atoms with Gasteiger partial charge in [0.05, 0.1) is 11.6 Å². The molecule has 0 unspecified atom stereocenters. The highest BCUT2D eigenvalue weighted by Crippen LogP contribution is 2.33. The third kappa shape index (κ3) is 3.27. The third-order valence-electron chi connectivity index (χ3n) is 4.94. The lowest BCUT2D eigenvalue weighted by atomic mass is 10.1. The molecule has 132 valence electrons. The van der Waals surface area contributed by atoms with E-state index in [1.54, 1.807) is 0 Å². The second-order valence-electron chi connectivity index (χ2n) is 7.18. The van der Waals surface area contributed by atoms with Gasteiger partial charge in [0.2, 0.25) is 5.91 Å². The summed E-state index contributed by atoms with van der Waals surface area (Å²) in [4.78, 5) is 16.6. The van der Waals surface area contributed by atoms with E-state index in [-0.39, 0.29) is 11.8 Å². The fourth-order valence-electron chi connectivity index (χ4n) is 3.46. The molecule has 4 rings (SSSR count). The number of hydrogen-bond acceptors (Lipinski definition) is 3. The molecule has 1 amide bonds. The molecule has 4 heteroatoms. The zero-order valence-electron chi connectivity index (χ0n) is 15.1. The van der Waals surface area contributed by atoms with E-state index >= 15 is 0 Å². The number of carbonyl (C=O) groups is 1. The summed E-state index contributed by atoms with van der Waals surface area (Å²) < 4.78 is 0. The lowest BCUT2D eigenvalue weighted by Gasteiger charge is -2.15. The minimum absolute atomic E-state index is 0.0236. The van der Waals surface area contributed by atoms with E-state index in [4.69, 9.17) is 4.98 Å². The minimum Gasteiger partial charge on any atom is -0.363 e. The second-order valence-corrected chi connectivity index (χ2v) is 7.18. The molecule has 2 N–H and O–H groups in total. The maximum Gasteiger partial charge on any atom is 0.226 e. The number of anilines is 2. The Morgan fingerprint density at radius 2 is 1.96 bits per heavy atom. The van der Waals surface area contributed by atoms with Gasteiger partial charge in [-0.15, -0.1) is 0 Å².